The van der Waals surface area contributed by atoms with Gasteiger partial charge in [0.1, 0.15) is 23.8 Å². The number of carboxylic acid groups (broad SMARTS) is 1. The molecule has 0 radical (unpaired) electrons. The number of benzene rings is 2. The summed E-state index contributed by atoms with van der Waals surface area (Å²) < 4.78 is 26.9. The van der Waals surface area contributed by atoms with Crippen molar-refractivity contribution in [3.63, 3.8) is 0 Å². The van der Waals surface area contributed by atoms with E-state index in [2.05, 4.69) is 15.4 Å². The van der Waals surface area contributed by atoms with Gasteiger partial charge in [-0.05, 0) is 56.0 Å². The highest BCUT2D eigenvalue weighted by molar-refractivity contribution is 6.39. The maximum absolute atomic E-state index is 14.7. The van der Waals surface area contributed by atoms with Crippen LogP contribution in [0.3, 0.4) is 0 Å². The first-order valence-corrected chi connectivity index (χ1v) is 13.7. The largest absolute Gasteiger partial charge is 0.480 e. The van der Waals surface area contributed by atoms with Crippen LogP contribution in [0.4, 0.5) is 10.1 Å². The minimum Gasteiger partial charge on any atom is -0.480 e. The summed E-state index contributed by atoms with van der Waals surface area (Å²) in [4.78, 5) is 24.9. The van der Waals surface area contributed by atoms with Gasteiger partial charge >= 0.3 is 5.97 Å². The van der Waals surface area contributed by atoms with Gasteiger partial charge in [0, 0.05) is 41.2 Å². The molecule has 204 valence electrons. The van der Waals surface area contributed by atoms with E-state index in [4.69, 9.17) is 37.6 Å². The van der Waals surface area contributed by atoms with Crippen molar-refractivity contribution in [1.29, 1.82) is 0 Å². The average Bonchev–Trinajstić information content (AvgIpc) is 3.35. The number of carbonyl (C=O) groups excluding carboxylic acids is 1. The van der Waals surface area contributed by atoms with E-state index in [-0.39, 0.29) is 23.6 Å². The first kappa shape index (κ1) is 26.1. The molecule has 2 N–H and O–H groups in total. The summed E-state index contributed by atoms with van der Waals surface area (Å²) >= 11 is 12.9. The van der Waals surface area contributed by atoms with E-state index in [0.717, 1.165) is 37.0 Å². The van der Waals surface area contributed by atoms with Gasteiger partial charge in [-0.2, -0.15) is 0 Å². The first-order valence-electron chi connectivity index (χ1n) is 12.9. The second kappa shape index (κ2) is 10.4. The molecule has 2 aliphatic carbocycles. The third-order valence-corrected chi connectivity index (χ3v) is 8.44. The molecule has 2 saturated carbocycles. The summed E-state index contributed by atoms with van der Waals surface area (Å²) in [6, 6.07) is 9.98. The van der Waals surface area contributed by atoms with Crippen molar-refractivity contribution >= 4 is 40.8 Å². The number of aliphatic carboxylic acids is 1. The summed E-state index contributed by atoms with van der Waals surface area (Å²) in [5.41, 5.74) is 2.68. The molecule has 3 aliphatic rings. The molecule has 1 saturated heterocycles. The summed E-state index contributed by atoms with van der Waals surface area (Å²) in [6.07, 6.45) is 3.86. The van der Waals surface area contributed by atoms with Gasteiger partial charge in [-0.15, -0.1) is 0 Å². The Morgan fingerprint density at radius 2 is 1.95 bits per heavy atom. The minimum absolute atomic E-state index is 0.0358. The van der Waals surface area contributed by atoms with Gasteiger partial charge in [-0.1, -0.05) is 34.4 Å². The van der Waals surface area contributed by atoms with Crippen molar-refractivity contribution in [2.45, 2.75) is 50.4 Å². The number of carbonyl (C=O) groups is 2. The fraction of sp³-hybridized carbons (Fsp3) is 0.393. The quantitative estimate of drug-likeness (QED) is 0.340. The predicted molar refractivity (Wildman–Crippen MR) is 143 cm³/mol. The van der Waals surface area contributed by atoms with Crippen LogP contribution in [0.2, 0.25) is 10.0 Å². The summed E-state index contributed by atoms with van der Waals surface area (Å²) in [7, 11) is 0. The van der Waals surface area contributed by atoms with Gasteiger partial charge in [0.15, 0.2) is 0 Å². The highest BCUT2D eigenvalue weighted by Crippen LogP contribution is 2.47. The van der Waals surface area contributed by atoms with Gasteiger partial charge in [0.25, 0.3) is 5.91 Å². The lowest BCUT2D eigenvalue weighted by Gasteiger charge is -2.33. The summed E-state index contributed by atoms with van der Waals surface area (Å²) in [5.74, 6) is -1.18. The molecule has 11 heteroatoms. The molecule has 3 aromatic rings. The summed E-state index contributed by atoms with van der Waals surface area (Å²) in [5, 5.41) is 16.3. The van der Waals surface area contributed by atoms with Crippen molar-refractivity contribution in [3.8, 4) is 11.3 Å². The van der Waals surface area contributed by atoms with Crippen LogP contribution in [0.25, 0.3) is 11.3 Å². The van der Waals surface area contributed by atoms with Crippen LogP contribution >= 0.6 is 23.2 Å². The van der Waals surface area contributed by atoms with Crippen molar-refractivity contribution in [2.75, 3.05) is 18.0 Å². The molecule has 2 heterocycles. The Hall–Kier alpha value is -3.14. The number of fused-ring (bicyclic) bond motifs is 2. The van der Waals surface area contributed by atoms with Crippen LogP contribution in [0.5, 0.6) is 0 Å². The van der Waals surface area contributed by atoms with Crippen LogP contribution in [0.1, 0.15) is 53.3 Å². The molecule has 3 fully saturated rings. The monoisotopic (exact) mass is 573 g/mol. The van der Waals surface area contributed by atoms with Crippen LogP contribution < -0.4 is 10.2 Å². The SMILES string of the molecule is O=C(O)CNC(=O)c1ccc(N2C[C@@H]3C[C@H]2C[C@H]3OCc2c(-c3c(Cl)cccc3Cl)noc2C2CC2)cc1F. The van der Waals surface area contributed by atoms with Crippen molar-refractivity contribution in [1.82, 2.24) is 10.5 Å². The number of hydrogen-bond acceptors (Lipinski definition) is 6. The molecule has 1 aliphatic heterocycles. The number of nitrogens with one attached hydrogen (secondary N) is 1. The second-order valence-corrected chi connectivity index (χ2v) is 11.2. The highest BCUT2D eigenvalue weighted by atomic mass is 35.5. The Labute approximate surface area is 234 Å². The number of nitrogens with zero attached hydrogens (tertiary/aromatic N) is 2. The second-order valence-electron chi connectivity index (χ2n) is 10.4. The highest BCUT2D eigenvalue weighted by Gasteiger charge is 2.46. The molecule has 0 unspecified atom stereocenters. The van der Waals surface area contributed by atoms with Gasteiger partial charge in [-0.3, -0.25) is 9.59 Å². The lowest BCUT2D eigenvalue weighted by atomic mass is 10.0. The third-order valence-electron chi connectivity index (χ3n) is 7.81. The number of aromatic nitrogens is 1. The van der Waals surface area contributed by atoms with Gasteiger partial charge in [-0.25, -0.2) is 4.39 Å². The van der Waals surface area contributed by atoms with Crippen molar-refractivity contribution in [3.05, 3.63) is 69.1 Å². The Bertz CT molecular complexity index is 1420. The number of ether oxygens (including phenoxy) is 1. The zero-order valence-corrected chi connectivity index (χ0v) is 22.3. The number of piperidine rings is 1. The summed E-state index contributed by atoms with van der Waals surface area (Å²) in [6.45, 7) is 0.484. The Morgan fingerprint density at radius 1 is 1.18 bits per heavy atom. The average molecular weight is 574 g/mol. The van der Waals surface area contributed by atoms with E-state index in [1.165, 1.54) is 12.1 Å². The Balaban J connectivity index is 1.13. The Morgan fingerprint density at radius 3 is 2.59 bits per heavy atom. The standard InChI is InChI=1S/C28H26Cl2FN3O5/c29-20-2-1-3-21(30)25(20)26-19(27(39-33-26)14-4-5-14)13-38-23-10-17-8-15(23)12-34(17)16-6-7-18(22(31)9-16)28(37)32-11-24(35)36/h1-3,6-7,9,14-15,17,23H,4-5,8,10-13H2,(H,32,37)(H,35,36)/t15-,17-,23+/m0/s1. The van der Waals surface area contributed by atoms with Crippen LogP contribution in [-0.2, 0) is 16.1 Å². The molecule has 8 nitrogen and oxygen atoms in total. The fourth-order valence-corrected chi connectivity index (χ4v) is 6.36. The molecule has 2 bridgehead atoms. The number of carboxylic acids is 1. The first-order chi connectivity index (χ1) is 18.8. The molecule has 6 rings (SSSR count). The third kappa shape index (κ3) is 5.11. The molecule has 2 aromatic carbocycles. The van der Waals surface area contributed by atoms with Crippen molar-refractivity contribution in [2.24, 2.45) is 5.92 Å². The topological polar surface area (TPSA) is 105 Å². The van der Waals surface area contributed by atoms with E-state index >= 15 is 0 Å². The maximum Gasteiger partial charge on any atom is 0.322 e. The smallest absolute Gasteiger partial charge is 0.322 e. The van der Waals surface area contributed by atoms with E-state index < -0.39 is 24.2 Å². The zero-order valence-electron chi connectivity index (χ0n) is 20.8. The minimum atomic E-state index is -1.19. The normalized spacial score (nSPS) is 21.9. The molecular formula is C28H26Cl2FN3O5. The number of anilines is 1. The van der Waals surface area contributed by atoms with Gasteiger partial charge in [0.05, 0.1) is 28.3 Å². The van der Waals surface area contributed by atoms with Crippen molar-refractivity contribution < 1.29 is 28.3 Å². The van der Waals surface area contributed by atoms with Gasteiger partial charge < -0.3 is 24.6 Å². The number of hydrogen-bond donors (Lipinski definition) is 2. The molecular weight excluding hydrogens is 548 g/mol. The molecule has 39 heavy (non-hydrogen) atoms. The van der Waals surface area contributed by atoms with E-state index in [1.807, 2.05) is 0 Å². The van der Waals surface area contributed by atoms with E-state index in [9.17, 15) is 14.0 Å². The number of halogens is 3. The van der Waals surface area contributed by atoms with Crippen LogP contribution in [0.15, 0.2) is 40.9 Å². The van der Waals surface area contributed by atoms with Crippen LogP contribution in [-0.4, -0.2) is 47.4 Å². The zero-order chi connectivity index (χ0) is 27.3. The van der Waals surface area contributed by atoms with E-state index in [0.29, 0.717) is 46.1 Å². The fourth-order valence-electron chi connectivity index (χ4n) is 5.78. The number of amides is 1. The van der Waals surface area contributed by atoms with E-state index in [1.54, 1.807) is 24.3 Å². The molecule has 3 atom stereocenters. The Kier molecular flexibility index (Phi) is 6.99. The number of rotatable bonds is 9. The lowest BCUT2D eigenvalue weighted by molar-refractivity contribution is -0.135. The molecule has 1 aromatic heterocycles. The molecule has 1 amide bonds. The van der Waals surface area contributed by atoms with Gasteiger partial charge in [0.2, 0.25) is 0 Å². The molecule has 0 spiro atoms. The predicted octanol–water partition coefficient (Wildman–Crippen LogP) is 5.66. The van der Waals surface area contributed by atoms with Crippen LogP contribution in [0, 0.1) is 11.7 Å². The lowest BCUT2D eigenvalue weighted by Crippen LogP contribution is -2.38. The maximum atomic E-state index is 14.7.